The third-order valence-corrected chi connectivity index (χ3v) is 3.33. The number of rotatable bonds is 7. The standard InChI is InChI=1S/C13H24ClN3/c1-5-7-9-11(8-6-2)17-12(10(3)4)15-16-13(17)14/h10-11H,5-9H2,1-4H3. The molecule has 3 nitrogen and oxygen atoms in total. The fourth-order valence-corrected chi connectivity index (χ4v) is 2.45. The summed E-state index contributed by atoms with van der Waals surface area (Å²) in [6, 6.07) is 0.458. The second-order valence-electron chi connectivity index (χ2n) is 4.94. The van der Waals surface area contributed by atoms with E-state index >= 15 is 0 Å². The van der Waals surface area contributed by atoms with Crippen LogP contribution in [-0.4, -0.2) is 14.8 Å². The number of halogens is 1. The number of nitrogens with zero attached hydrogens (tertiary/aromatic N) is 3. The lowest BCUT2D eigenvalue weighted by atomic mass is 10.0. The lowest BCUT2D eigenvalue weighted by Gasteiger charge is -2.21. The molecule has 1 atom stereocenters. The maximum Gasteiger partial charge on any atom is 0.225 e. The van der Waals surface area contributed by atoms with Crippen LogP contribution in [0.3, 0.4) is 0 Å². The van der Waals surface area contributed by atoms with E-state index in [1.165, 1.54) is 25.7 Å². The Morgan fingerprint density at radius 2 is 1.82 bits per heavy atom. The molecular weight excluding hydrogens is 234 g/mol. The van der Waals surface area contributed by atoms with Crippen molar-refractivity contribution in [2.24, 2.45) is 0 Å². The van der Waals surface area contributed by atoms with E-state index < -0.39 is 0 Å². The van der Waals surface area contributed by atoms with Crippen LogP contribution in [0.2, 0.25) is 5.28 Å². The van der Waals surface area contributed by atoms with Crippen molar-refractivity contribution in [3.63, 3.8) is 0 Å². The van der Waals surface area contributed by atoms with Crippen LogP contribution in [-0.2, 0) is 0 Å². The first-order chi connectivity index (χ1) is 8.11. The van der Waals surface area contributed by atoms with E-state index in [1.54, 1.807) is 0 Å². The molecule has 0 radical (unpaired) electrons. The third kappa shape index (κ3) is 3.70. The van der Waals surface area contributed by atoms with Crippen LogP contribution in [0, 0.1) is 0 Å². The highest BCUT2D eigenvalue weighted by molar-refractivity contribution is 6.28. The molecule has 1 aromatic heterocycles. The van der Waals surface area contributed by atoms with Gasteiger partial charge in [-0.3, -0.25) is 4.57 Å². The number of unbranched alkanes of at least 4 members (excludes halogenated alkanes) is 1. The van der Waals surface area contributed by atoms with E-state index in [1.807, 2.05) is 0 Å². The van der Waals surface area contributed by atoms with Crippen molar-refractivity contribution >= 4 is 11.6 Å². The molecule has 0 aliphatic rings. The third-order valence-electron chi connectivity index (χ3n) is 3.07. The van der Waals surface area contributed by atoms with Crippen molar-refractivity contribution in [1.82, 2.24) is 14.8 Å². The van der Waals surface area contributed by atoms with Gasteiger partial charge in [0.2, 0.25) is 5.28 Å². The van der Waals surface area contributed by atoms with Gasteiger partial charge in [-0.05, 0) is 24.4 Å². The number of hydrogen-bond acceptors (Lipinski definition) is 2. The van der Waals surface area contributed by atoms with Gasteiger partial charge in [0, 0.05) is 12.0 Å². The van der Waals surface area contributed by atoms with Gasteiger partial charge in [-0.1, -0.05) is 47.0 Å². The van der Waals surface area contributed by atoms with Crippen LogP contribution in [0.4, 0.5) is 0 Å². The molecule has 0 amide bonds. The van der Waals surface area contributed by atoms with Gasteiger partial charge < -0.3 is 0 Å². The highest BCUT2D eigenvalue weighted by Crippen LogP contribution is 2.28. The van der Waals surface area contributed by atoms with Gasteiger partial charge in [-0.15, -0.1) is 10.2 Å². The fourth-order valence-electron chi connectivity index (χ4n) is 2.19. The Morgan fingerprint density at radius 1 is 1.12 bits per heavy atom. The summed E-state index contributed by atoms with van der Waals surface area (Å²) < 4.78 is 2.14. The van der Waals surface area contributed by atoms with Gasteiger partial charge in [0.1, 0.15) is 5.82 Å². The summed E-state index contributed by atoms with van der Waals surface area (Å²) in [5.74, 6) is 1.39. The number of aromatic nitrogens is 3. The van der Waals surface area contributed by atoms with Gasteiger partial charge in [0.05, 0.1) is 0 Å². The van der Waals surface area contributed by atoms with Crippen LogP contribution in [0.15, 0.2) is 0 Å². The average Bonchev–Trinajstić information content (AvgIpc) is 2.66. The van der Waals surface area contributed by atoms with Crippen molar-refractivity contribution in [2.45, 2.75) is 71.8 Å². The minimum Gasteiger partial charge on any atom is -0.298 e. The van der Waals surface area contributed by atoms with Gasteiger partial charge in [-0.25, -0.2) is 0 Å². The fraction of sp³-hybridized carbons (Fsp3) is 0.846. The highest BCUT2D eigenvalue weighted by atomic mass is 35.5. The molecule has 0 saturated heterocycles. The van der Waals surface area contributed by atoms with Crippen LogP contribution in [0.25, 0.3) is 0 Å². The maximum absolute atomic E-state index is 6.19. The molecule has 0 fully saturated rings. The first-order valence-electron chi connectivity index (χ1n) is 6.72. The molecule has 4 heteroatoms. The Labute approximate surface area is 110 Å². The predicted molar refractivity (Wildman–Crippen MR) is 72.6 cm³/mol. The van der Waals surface area contributed by atoms with Crippen molar-refractivity contribution in [2.75, 3.05) is 0 Å². The lowest BCUT2D eigenvalue weighted by molar-refractivity contribution is 0.400. The van der Waals surface area contributed by atoms with Gasteiger partial charge in [0.15, 0.2) is 0 Å². The average molecular weight is 258 g/mol. The smallest absolute Gasteiger partial charge is 0.225 e. The Morgan fingerprint density at radius 3 is 2.35 bits per heavy atom. The van der Waals surface area contributed by atoms with E-state index in [9.17, 15) is 0 Å². The molecule has 1 rings (SSSR count). The van der Waals surface area contributed by atoms with Crippen LogP contribution in [0.5, 0.6) is 0 Å². The molecule has 0 N–H and O–H groups in total. The van der Waals surface area contributed by atoms with Gasteiger partial charge >= 0.3 is 0 Å². The van der Waals surface area contributed by atoms with Crippen molar-refractivity contribution in [3.8, 4) is 0 Å². The topological polar surface area (TPSA) is 30.7 Å². The monoisotopic (exact) mass is 257 g/mol. The second-order valence-corrected chi connectivity index (χ2v) is 5.27. The van der Waals surface area contributed by atoms with Gasteiger partial charge in [-0.2, -0.15) is 0 Å². The summed E-state index contributed by atoms with van der Waals surface area (Å²) in [6.07, 6.45) is 5.94. The summed E-state index contributed by atoms with van der Waals surface area (Å²) in [4.78, 5) is 0. The van der Waals surface area contributed by atoms with E-state index in [4.69, 9.17) is 11.6 Å². The number of hydrogen-bond donors (Lipinski definition) is 0. The maximum atomic E-state index is 6.19. The van der Waals surface area contributed by atoms with E-state index in [2.05, 4.69) is 42.5 Å². The molecule has 17 heavy (non-hydrogen) atoms. The Bertz CT molecular complexity index is 333. The minimum atomic E-state index is 0.371. The van der Waals surface area contributed by atoms with E-state index in [-0.39, 0.29) is 0 Å². The SMILES string of the molecule is CCCCC(CCC)n1c(Cl)nnc1C(C)C. The Hall–Kier alpha value is -0.570. The van der Waals surface area contributed by atoms with E-state index in [0.29, 0.717) is 17.2 Å². The molecular formula is C13H24ClN3. The highest BCUT2D eigenvalue weighted by Gasteiger charge is 2.20. The lowest BCUT2D eigenvalue weighted by Crippen LogP contribution is -2.14. The summed E-state index contributed by atoms with van der Waals surface area (Å²) >= 11 is 6.19. The van der Waals surface area contributed by atoms with Crippen LogP contribution < -0.4 is 0 Å². The zero-order valence-electron chi connectivity index (χ0n) is 11.4. The van der Waals surface area contributed by atoms with Crippen LogP contribution >= 0.6 is 11.6 Å². The predicted octanol–water partition coefficient (Wildman–Crippen LogP) is 4.59. The molecule has 0 spiro atoms. The van der Waals surface area contributed by atoms with Crippen molar-refractivity contribution in [1.29, 1.82) is 0 Å². The Kier molecular flexibility index (Phi) is 5.96. The first kappa shape index (κ1) is 14.5. The van der Waals surface area contributed by atoms with Crippen LogP contribution in [0.1, 0.15) is 77.6 Å². The van der Waals surface area contributed by atoms with Gasteiger partial charge in [0.25, 0.3) is 0 Å². The molecule has 0 bridgehead atoms. The zero-order valence-corrected chi connectivity index (χ0v) is 12.2. The molecule has 1 heterocycles. The molecule has 1 aromatic rings. The molecule has 0 aromatic carbocycles. The van der Waals surface area contributed by atoms with Crippen molar-refractivity contribution < 1.29 is 0 Å². The first-order valence-corrected chi connectivity index (χ1v) is 7.09. The minimum absolute atomic E-state index is 0.371. The quantitative estimate of drug-likeness (QED) is 0.715. The molecule has 1 unspecified atom stereocenters. The zero-order chi connectivity index (χ0) is 12.8. The molecule has 98 valence electrons. The Balaban J connectivity index is 2.94. The normalized spacial score (nSPS) is 13.3. The molecule has 0 saturated carbocycles. The summed E-state index contributed by atoms with van der Waals surface area (Å²) in [6.45, 7) is 8.71. The van der Waals surface area contributed by atoms with E-state index in [0.717, 1.165) is 12.2 Å². The largest absolute Gasteiger partial charge is 0.298 e. The summed E-state index contributed by atoms with van der Waals surface area (Å²) in [5, 5.41) is 8.78. The molecule has 0 aliphatic heterocycles. The molecule has 0 aliphatic carbocycles. The summed E-state index contributed by atoms with van der Waals surface area (Å²) in [5.41, 5.74) is 0. The van der Waals surface area contributed by atoms with Crippen molar-refractivity contribution in [3.05, 3.63) is 11.1 Å². The second kappa shape index (κ2) is 7.00. The summed E-state index contributed by atoms with van der Waals surface area (Å²) in [7, 11) is 0.